The van der Waals surface area contributed by atoms with Crippen LogP contribution < -0.4 is 5.32 Å². The smallest absolute Gasteiger partial charge is 0.0451 e. The van der Waals surface area contributed by atoms with E-state index < -0.39 is 0 Å². The minimum absolute atomic E-state index is 0.835. The van der Waals surface area contributed by atoms with Crippen LogP contribution in [0.2, 0.25) is 5.02 Å². The highest BCUT2D eigenvalue weighted by molar-refractivity contribution is 9.10. The number of nitrogens with one attached hydrogen (secondary N) is 1. The van der Waals surface area contributed by atoms with Crippen molar-refractivity contribution < 1.29 is 0 Å². The van der Waals surface area contributed by atoms with Crippen LogP contribution in [0.1, 0.15) is 18.4 Å². The zero-order valence-corrected chi connectivity index (χ0v) is 12.2. The van der Waals surface area contributed by atoms with Crippen molar-refractivity contribution in [1.82, 2.24) is 10.2 Å². The van der Waals surface area contributed by atoms with Crippen LogP contribution in [0, 0.1) is 0 Å². The van der Waals surface area contributed by atoms with Gasteiger partial charge in [-0.1, -0.05) is 27.5 Å². The molecule has 1 saturated heterocycles. The van der Waals surface area contributed by atoms with E-state index in [4.69, 9.17) is 11.6 Å². The van der Waals surface area contributed by atoms with Crippen molar-refractivity contribution in [2.45, 2.75) is 19.4 Å². The molecular formula is C13H18BrClN2. The van der Waals surface area contributed by atoms with Crippen molar-refractivity contribution in [1.29, 1.82) is 0 Å². The molecule has 0 amide bonds. The Kier molecular flexibility index (Phi) is 5.29. The van der Waals surface area contributed by atoms with Gasteiger partial charge in [0.15, 0.2) is 0 Å². The first-order valence-electron chi connectivity index (χ1n) is 6.13. The molecule has 4 heteroatoms. The lowest BCUT2D eigenvalue weighted by Crippen LogP contribution is -2.29. The van der Waals surface area contributed by atoms with Crippen LogP contribution in [0.4, 0.5) is 0 Å². The van der Waals surface area contributed by atoms with Gasteiger partial charge in [0.1, 0.15) is 0 Å². The Labute approximate surface area is 116 Å². The molecule has 1 aliphatic heterocycles. The van der Waals surface area contributed by atoms with E-state index in [9.17, 15) is 0 Å². The average molecular weight is 318 g/mol. The van der Waals surface area contributed by atoms with Gasteiger partial charge < -0.3 is 10.2 Å². The van der Waals surface area contributed by atoms with Gasteiger partial charge in [-0.05, 0) is 49.7 Å². The Morgan fingerprint density at radius 1 is 1.29 bits per heavy atom. The topological polar surface area (TPSA) is 15.3 Å². The minimum Gasteiger partial charge on any atom is -0.311 e. The van der Waals surface area contributed by atoms with Crippen molar-refractivity contribution in [3.05, 3.63) is 33.3 Å². The highest BCUT2D eigenvalue weighted by Crippen LogP contribution is 2.20. The fraction of sp³-hybridized carbons (Fsp3) is 0.538. The maximum atomic E-state index is 6.13. The van der Waals surface area contributed by atoms with E-state index in [-0.39, 0.29) is 0 Å². The van der Waals surface area contributed by atoms with Crippen LogP contribution in [0.15, 0.2) is 22.7 Å². The zero-order chi connectivity index (χ0) is 12.1. The molecule has 1 fully saturated rings. The number of hydrogen-bond acceptors (Lipinski definition) is 2. The highest BCUT2D eigenvalue weighted by Gasteiger charge is 2.10. The fourth-order valence-corrected chi connectivity index (χ4v) is 2.74. The van der Waals surface area contributed by atoms with Crippen LogP contribution in [0.25, 0.3) is 0 Å². The Bertz CT molecular complexity index is 364. The molecule has 1 heterocycles. The monoisotopic (exact) mass is 316 g/mol. The molecule has 0 spiro atoms. The second-order valence-electron chi connectivity index (χ2n) is 4.46. The fourth-order valence-electron chi connectivity index (χ4n) is 2.15. The largest absolute Gasteiger partial charge is 0.311 e. The van der Waals surface area contributed by atoms with Crippen LogP contribution in [0.5, 0.6) is 0 Å². The molecule has 1 aromatic carbocycles. The summed E-state index contributed by atoms with van der Waals surface area (Å²) in [4.78, 5) is 2.51. The summed E-state index contributed by atoms with van der Waals surface area (Å²) in [5.74, 6) is 0. The first-order valence-corrected chi connectivity index (χ1v) is 7.30. The van der Waals surface area contributed by atoms with Gasteiger partial charge in [-0.2, -0.15) is 0 Å². The third-order valence-electron chi connectivity index (χ3n) is 3.13. The number of benzene rings is 1. The second kappa shape index (κ2) is 6.74. The van der Waals surface area contributed by atoms with Gasteiger partial charge in [0.25, 0.3) is 0 Å². The van der Waals surface area contributed by atoms with Gasteiger partial charge in [0.2, 0.25) is 0 Å². The maximum Gasteiger partial charge on any atom is 0.0451 e. The molecule has 17 heavy (non-hydrogen) atoms. The summed E-state index contributed by atoms with van der Waals surface area (Å²) in [5, 5.41) is 4.28. The van der Waals surface area contributed by atoms with E-state index in [0.717, 1.165) is 34.7 Å². The van der Waals surface area contributed by atoms with Crippen molar-refractivity contribution in [3.63, 3.8) is 0 Å². The summed E-state index contributed by atoms with van der Waals surface area (Å²) in [5.41, 5.74) is 1.16. The van der Waals surface area contributed by atoms with Gasteiger partial charge in [-0.3, -0.25) is 0 Å². The average Bonchev–Trinajstić information content (AvgIpc) is 2.82. The number of rotatable bonds is 5. The van der Waals surface area contributed by atoms with Crippen molar-refractivity contribution in [2.75, 3.05) is 26.2 Å². The molecule has 0 unspecified atom stereocenters. The Morgan fingerprint density at radius 3 is 2.82 bits per heavy atom. The van der Waals surface area contributed by atoms with E-state index >= 15 is 0 Å². The lowest BCUT2D eigenvalue weighted by molar-refractivity contribution is 0.335. The molecule has 0 aliphatic carbocycles. The second-order valence-corrected chi connectivity index (χ2v) is 5.78. The van der Waals surface area contributed by atoms with Crippen LogP contribution in [0.3, 0.4) is 0 Å². The minimum atomic E-state index is 0.835. The molecular weight excluding hydrogens is 300 g/mol. The molecule has 1 N–H and O–H groups in total. The Hall–Kier alpha value is -0.0900. The molecule has 2 rings (SSSR count). The van der Waals surface area contributed by atoms with Gasteiger partial charge in [-0.15, -0.1) is 0 Å². The summed E-state index contributed by atoms with van der Waals surface area (Å²) in [7, 11) is 0. The lowest BCUT2D eigenvalue weighted by atomic mass is 10.2. The molecule has 94 valence electrons. The van der Waals surface area contributed by atoms with Gasteiger partial charge >= 0.3 is 0 Å². The van der Waals surface area contributed by atoms with Gasteiger partial charge in [-0.25, -0.2) is 0 Å². The third kappa shape index (κ3) is 4.25. The number of halogens is 2. The van der Waals surface area contributed by atoms with Crippen molar-refractivity contribution in [2.24, 2.45) is 0 Å². The molecule has 2 nitrogen and oxygen atoms in total. The standard InChI is InChI=1S/C13H18BrClN2/c14-12-3-4-13(15)11(9-12)10-16-5-8-17-6-1-2-7-17/h3-4,9,16H,1-2,5-8,10H2. The molecule has 0 bridgehead atoms. The van der Waals surface area contributed by atoms with Crippen LogP contribution in [-0.2, 0) is 6.54 Å². The maximum absolute atomic E-state index is 6.13. The van der Waals surface area contributed by atoms with Gasteiger partial charge in [0.05, 0.1) is 0 Å². The summed E-state index contributed by atoms with van der Waals surface area (Å²) in [6, 6.07) is 5.98. The molecule has 0 atom stereocenters. The summed E-state index contributed by atoms with van der Waals surface area (Å²) in [6.45, 7) is 5.54. The van der Waals surface area contributed by atoms with Crippen LogP contribution in [-0.4, -0.2) is 31.1 Å². The van der Waals surface area contributed by atoms with E-state index in [0.29, 0.717) is 0 Å². The predicted molar refractivity (Wildman–Crippen MR) is 76.5 cm³/mol. The SMILES string of the molecule is Clc1ccc(Br)cc1CNCCN1CCCC1. The molecule has 1 aromatic rings. The number of likely N-dealkylation sites (tertiary alicyclic amines) is 1. The van der Waals surface area contributed by atoms with E-state index in [2.05, 4.69) is 32.2 Å². The number of nitrogens with zero attached hydrogens (tertiary/aromatic N) is 1. The predicted octanol–water partition coefficient (Wildman–Crippen LogP) is 3.29. The third-order valence-corrected chi connectivity index (χ3v) is 3.99. The molecule has 1 aliphatic rings. The summed E-state index contributed by atoms with van der Waals surface area (Å²) in [6.07, 6.45) is 2.72. The van der Waals surface area contributed by atoms with Crippen molar-refractivity contribution in [3.8, 4) is 0 Å². The Balaban J connectivity index is 1.72. The van der Waals surface area contributed by atoms with E-state index in [1.54, 1.807) is 0 Å². The first-order chi connectivity index (χ1) is 8.25. The van der Waals surface area contributed by atoms with Crippen molar-refractivity contribution >= 4 is 27.5 Å². The molecule has 0 saturated carbocycles. The van der Waals surface area contributed by atoms with E-state index in [1.165, 1.54) is 25.9 Å². The first kappa shape index (κ1) is 13.3. The highest BCUT2D eigenvalue weighted by atomic mass is 79.9. The van der Waals surface area contributed by atoms with E-state index in [1.807, 2.05) is 12.1 Å². The quantitative estimate of drug-likeness (QED) is 0.838. The van der Waals surface area contributed by atoms with Crippen LogP contribution >= 0.6 is 27.5 Å². The summed E-state index contributed by atoms with van der Waals surface area (Å²) < 4.78 is 1.08. The zero-order valence-electron chi connectivity index (χ0n) is 9.88. The Morgan fingerprint density at radius 2 is 2.06 bits per heavy atom. The normalized spacial score (nSPS) is 16.6. The number of hydrogen-bond donors (Lipinski definition) is 1. The molecule has 0 aromatic heterocycles. The molecule has 0 radical (unpaired) electrons. The lowest BCUT2D eigenvalue weighted by Gasteiger charge is -2.15. The van der Waals surface area contributed by atoms with Gasteiger partial charge in [0, 0.05) is 29.1 Å². The summed E-state index contributed by atoms with van der Waals surface area (Å²) >= 11 is 9.60.